The van der Waals surface area contributed by atoms with Crippen LogP contribution in [-0.2, 0) is 0 Å². The molecule has 25 heavy (non-hydrogen) atoms. The monoisotopic (exact) mass is 372 g/mol. The Labute approximate surface area is 149 Å². The number of H-pyrrole nitrogens is 1. The molecule has 0 fully saturated rings. The van der Waals surface area contributed by atoms with E-state index in [-0.39, 0.29) is 5.69 Å². The van der Waals surface area contributed by atoms with Crippen LogP contribution in [0.2, 0.25) is 5.02 Å². The molecule has 0 aliphatic rings. The predicted octanol–water partition coefficient (Wildman–Crippen LogP) is 4.39. The Kier molecular flexibility index (Phi) is 3.79. The number of halogens is 1. The molecule has 10 heteroatoms. The molecule has 0 aliphatic heterocycles. The van der Waals surface area contributed by atoms with Crippen LogP contribution < -0.4 is 5.32 Å². The number of rotatable bonds is 4. The molecular formula is C15H9ClN6O2S. The molecule has 0 saturated carbocycles. The summed E-state index contributed by atoms with van der Waals surface area (Å²) in [5.74, 6) is 0.414. The molecule has 0 amide bonds. The normalized spacial score (nSPS) is 10.9. The van der Waals surface area contributed by atoms with Crippen LogP contribution in [0.5, 0.6) is 0 Å². The smallest absolute Gasteiger partial charge is 0.270 e. The minimum Gasteiger partial charge on any atom is -0.329 e. The van der Waals surface area contributed by atoms with Gasteiger partial charge in [-0.3, -0.25) is 15.2 Å². The molecule has 0 atom stereocenters. The van der Waals surface area contributed by atoms with E-state index in [1.165, 1.54) is 12.1 Å². The van der Waals surface area contributed by atoms with E-state index in [1.807, 2.05) is 12.1 Å². The minimum atomic E-state index is -0.449. The molecule has 2 N–H and O–H groups in total. The fraction of sp³-hybridized carbons (Fsp3) is 0. The summed E-state index contributed by atoms with van der Waals surface area (Å²) >= 11 is 7.52. The van der Waals surface area contributed by atoms with Gasteiger partial charge < -0.3 is 5.32 Å². The minimum absolute atomic E-state index is 0.00439. The highest BCUT2D eigenvalue weighted by atomic mass is 35.5. The fourth-order valence-corrected chi connectivity index (χ4v) is 3.21. The van der Waals surface area contributed by atoms with Crippen LogP contribution in [0.1, 0.15) is 0 Å². The van der Waals surface area contributed by atoms with Crippen molar-refractivity contribution in [2.24, 2.45) is 0 Å². The van der Waals surface area contributed by atoms with E-state index in [9.17, 15) is 10.1 Å². The van der Waals surface area contributed by atoms with Crippen molar-refractivity contribution in [3.05, 3.63) is 57.7 Å². The summed E-state index contributed by atoms with van der Waals surface area (Å²) in [4.78, 5) is 14.8. The first-order valence-corrected chi connectivity index (χ1v) is 8.24. The van der Waals surface area contributed by atoms with Crippen molar-refractivity contribution in [1.29, 1.82) is 0 Å². The second-order valence-corrected chi connectivity index (χ2v) is 6.24. The molecule has 124 valence electrons. The SMILES string of the molecule is O=[N+]([O-])c1cccc(-c2nsc(Nc3ccc4[nH]ncc4c3Cl)n2)c1. The zero-order chi connectivity index (χ0) is 17.4. The summed E-state index contributed by atoms with van der Waals surface area (Å²) in [6.45, 7) is 0. The molecule has 4 aromatic rings. The first-order chi connectivity index (χ1) is 12.1. The number of benzene rings is 2. The summed E-state index contributed by atoms with van der Waals surface area (Å²) in [5, 5.41) is 22.7. The van der Waals surface area contributed by atoms with E-state index in [4.69, 9.17) is 11.6 Å². The summed E-state index contributed by atoms with van der Waals surface area (Å²) in [7, 11) is 0. The van der Waals surface area contributed by atoms with Crippen LogP contribution in [-0.4, -0.2) is 24.5 Å². The van der Waals surface area contributed by atoms with Crippen LogP contribution in [0.15, 0.2) is 42.6 Å². The number of fused-ring (bicyclic) bond motifs is 1. The van der Waals surface area contributed by atoms with Crippen LogP contribution in [0, 0.1) is 10.1 Å². The number of aromatic amines is 1. The van der Waals surface area contributed by atoms with Gasteiger partial charge in [0.1, 0.15) is 0 Å². The van der Waals surface area contributed by atoms with Crippen molar-refractivity contribution in [2.45, 2.75) is 0 Å². The van der Waals surface area contributed by atoms with Crippen molar-refractivity contribution in [3.63, 3.8) is 0 Å². The van der Waals surface area contributed by atoms with E-state index in [0.717, 1.165) is 22.4 Å². The van der Waals surface area contributed by atoms with E-state index >= 15 is 0 Å². The molecule has 0 radical (unpaired) electrons. The lowest BCUT2D eigenvalue weighted by atomic mass is 10.2. The van der Waals surface area contributed by atoms with Gasteiger partial charge in [0.05, 0.1) is 27.3 Å². The fourth-order valence-electron chi connectivity index (χ4n) is 2.34. The number of hydrogen-bond donors (Lipinski definition) is 2. The van der Waals surface area contributed by atoms with Gasteiger partial charge >= 0.3 is 0 Å². The Bertz CT molecular complexity index is 1090. The van der Waals surface area contributed by atoms with Crippen LogP contribution in [0.25, 0.3) is 22.3 Å². The van der Waals surface area contributed by atoms with Crippen molar-refractivity contribution >= 4 is 50.5 Å². The number of nitrogens with one attached hydrogen (secondary N) is 2. The number of nitro benzene ring substituents is 1. The van der Waals surface area contributed by atoms with E-state index in [1.54, 1.807) is 18.3 Å². The van der Waals surface area contributed by atoms with E-state index in [0.29, 0.717) is 27.2 Å². The van der Waals surface area contributed by atoms with Crippen molar-refractivity contribution in [2.75, 3.05) is 5.32 Å². The summed E-state index contributed by atoms with van der Waals surface area (Å²) in [5.41, 5.74) is 2.09. The molecule has 0 unspecified atom stereocenters. The van der Waals surface area contributed by atoms with Gasteiger partial charge in [-0.1, -0.05) is 23.7 Å². The third kappa shape index (κ3) is 2.90. The molecule has 2 aromatic heterocycles. The zero-order valence-corrected chi connectivity index (χ0v) is 14.0. The molecule has 0 aliphatic carbocycles. The molecule has 2 aromatic carbocycles. The van der Waals surface area contributed by atoms with Crippen LogP contribution in [0.3, 0.4) is 0 Å². The Balaban J connectivity index is 1.64. The lowest BCUT2D eigenvalue weighted by Crippen LogP contribution is -1.91. The Hall–Kier alpha value is -3.04. The first kappa shape index (κ1) is 15.5. The van der Waals surface area contributed by atoms with Gasteiger partial charge in [-0.15, -0.1) is 0 Å². The second kappa shape index (κ2) is 6.11. The predicted molar refractivity (Wildman–Crippen MR) is 96.4 cm³/mol. The van der Waals surface area contributed by atoms with Crippen LogP contribution >= 0.6 is 23.1 Å². The van der Waals surface area contributed by atoms with Gasteiger partial charge in [-0.25, -0.2) is 0 Å². The zero-order valence-electron chi connectivity index (χ0n) is 12.4. The molecule has 4 rings (SSSR count). The van der Waals surface area contributed by atoms with Gasteiger partial charge in [-0.2, -0.15) is 14.5 Å². The maximum Gasteiger partial charge on any atom is 0.270 e. The van der Waals surface area contributed by atoms with Crippen molar-refractivity contribution in [1.82, 2.24) is 19.6 Å². The van der Waals surface area contributed by atoms with Gasteiger partial charge in [0.25, 0.3) is 5.69 Å². The molecule has 2 heterocycles. The number of nitro groups is 1. The number of hydrogen-bond acceptors (Lipinski definition) is 7. The average molecular weight is 373 g/mol. The van der Waals surface area contributed by atoms with Gasteiger partial charge in [0.2, 0.25) is 5.13 Å². The molecule has 0 spiro atoms. The maximum atomic E-state index is 10.9. The van der Waals surface area contributed by atoms with Gasteiger partial charge in [0, 0.05) is 34.6 Å². The Morgan fingerprint density at radius 3 is 3.00 bits per heavy atom. The summed E-state index contributed by atoms with van der Waals surface area (Å²) in [6.07, 6.45) is 1.65. The van der Waals surface area contributed by atoms with Gasteiger partial charge in [-0.05, 0) is 12.1 Å². The molecule has 0 bridgehead atoms. The largest absolute Gasteiger partial charge is 0.329 e. The van der Waals surface area contributed by atoms with Gasteiger partial charge in [0.15, 0.2) is 5.82 Å². The third-order valence-electron chi connectivity index (χ3n) is 3.54. The van der Waals surface area contributed by atoms with Crippen molar-refractivity contribution < 1.29 is 4.92 Å². The van der Waals surface area contributed by atoms with E-state index in [2.05, 4.69) is 24.9 Å². The molecule has 0 saturated heterocycles. The Morgan fingerprint density at radius 2 is 2.16 bits per heavy atom. The topological polar surface area (TPSA) is 110 Å². The highest BCUT2D eigenvalue weighted by Gasteiger charge is 2.13. The molecule has 8 nitrogen and oxygen atoms in total. The maximum absolute atomic E-state index is 10.9. The summed E-state index contributed by atoms with van der Waals surface area (Å²) < 4.78 is 4.25. The highest BCUT2D eigenvalue weighted by Crippen LogP contribution is 2.33. The van der Waals surface area contributed by atoms with E-state index < -0.39 is 4.92 Å². The lowest BCUT2D eigenvalue weighted by Gasteiger charge is -2.05. The second-order valence-electron chi connectivity index (χ2n) is 5.11. The average Bonchev–Trinajstić information content (AvgIpc) is 3.27. The van der Waals surface area contributed by atoms with Crippen molar-refractivity contribution in [3.8, 4) is 11.4 Å². The quantitative estimate of drug-likeness (QED) is 0.406. The number of nitrogens with zero attached hydrogens (tertiary/aromatic N) is 4. The number of non-ortho nitro benzene ring substituents is 1. The number of anilines is 2. The highest BCUT2D eigenvalue weighted by molar-refractivity contribution is 7.10. The first-order valence-electron chi connectivity index (χ1n) is 7.09. The third-order valence-corrected chi connectivity index (χ3v) is 4.58. The van der Waals surface area contributed by atoms with Crippen LogP contribution in [0.4, 0.5) is 16.5 Å². The summed E-state index contributed by atoms with van der Waals surface area (Å²) in [6, 6.07) is 9.87. The number of aromatic nitrogens is 4. The lowest BCUT2D eigenvalue weighted by molar-refractivity contribution is -0.384. The molecular weight excluding hydrogens is 364 g/mol. The standard InChI is InChI=1S/C15H9ClN6O2S/c16-13-10-7-17-20-11(10)4-5-12(13)18-15-19-14(21-25-15)8-2-1-3-9(6-8)22(23)24/h1-7H,(H,17,20)(H,18,19,21). The Morgan fingerprint density at radius 1 is 1.28 bits per heavy atom.